The normalized spacial score (nSPS) is 17.8. The monoisotopic (exact) mass is 393 g/mol. The molecule has 0 amide bonds. The molecule has 1 N–H and O–H groups in total. The molecule has 0 bridgehead atoms. The minimum Gasteiger partial charge on any atom is -0.377 e. The quantitative estimate of drug-likeness (QED) is 0.487. The van der Waals surface area contributed by atoms with Crippen LogP contribution in [0.3, 0.4) is 0 Å². The molecule has 0 aromatic rings. The third kappa shape index (κ3) is 13.5. The summed E-state index contributed by atoms with van der Waals surface area (Å²) in [5.41, 5.74) is -0.311. The zero-order valence-electron chi connectivity index (χ0n) is 18.0. The first-order valence-electron chi connectivity index (χ1n) is 10.3. The Morgan fingerprint density at radius 1 is 0.926 bits per heavy atom. The second-order valence-electron chi connectivity index (χ2n) is 8.82. The van der Waals surface area contributed by atoms with Gasteiger partial charge in [-0.15, -0.1) is 0 Å². The van der Waals surface area contributed by atoms with E-state index in [0.717, 1.165) is 58.7 Å². The fourth-order valence-electron chi connectivity index (χ4n) is 2.86. The fourth-order valence-corrected chi connectivity index (χ4v) is 2.86. The van der Waals surface area contributed by atoms with Gasteiger partial charge in [0.1, 0.15) is 6.61 Å². The number of hydrogen-bond donors (Lipinski definition) is 1. The molecule has 0 saturated carbocycles. The zero-order valence-corrected chi connectivity index (χ0v) is 18.0. The third-order valence-electron chi connectivity index (χ3n) is 4.53. The molecule has 1 heterocycles. The van der Waals surface area contributed by atoms with Crippen LogP contribution < -0.4 is 5.32 Å². The van der Waals surface area contributed by atoms with E-state index in [9.17, 15) is 8.78 Å². The maximum absolute atomic E-state index is 13.7. The van der Waals surface area contributed by atoms with Crippen LogP contribution in [0.4, 0.5) is 8.78 Å². The number of nitrogens with zero attached hydrogens (tertiary/aromatic N) is 2. The SMILES string of the molecule is CC(C)OCCN1CCN(CCCCOCC(F)(F)CNC(C)(C)C)CC1. The Balaban J connectivity index is 2.00. The highest BCUT2D eigenvalue weighted by atomic mass is 19.3. The lowest BCUT2D eigenvalue weighted by molar-refractivity contribution is -0.0780. The van der Waals surface area contributed by atoms with E-state index in [1.165, 1.54) is 0 Å². The van der Waals surface area contributed by atoms with Crippen molar-refractivity contribution in [2.45, 2.75) is 65.0 Å². The maximum Gasteiger partial charge on any atom is 0.283 e. The molecule has 1 saturated heterocycles. The lowest BCUT2D eigenvalue weighted by Gasteiger charge is -2.34. The summed E-state index contributed by atoms with van der Waals surface area (Å²) in [7, 11) is 0. The summed E-state index contributed by atoms with van der Waals surface area (Å²) in [6, 6.07) is 0. The molecule has 0 radical (unpaired) electrons. The van der Waals surface area contributed by atoms with Crippen molar-refractivity contribution in [2.75, 3.05) is 65.6 Å². The molecule has 0 aromatic carbocycles. The highest BCUT2D eigenvalue weighted by Gasteiger charge is 2.30. The Hall–Kier alpha value is -0.340. The van der Waals surface area contributed by atoms with Crippen LogP contribution in [0.5, 0.6) is 0 Å². The van der Waals surface area contributed by atoms with Crippen molar-refractivity contribution in [3.05, 3.63) is 0 Å². The standard InChI is InChI=1S/C20H41F2N3O2/c1-18(2)27-15-13-25-11-9-24(10-12-25)8-6-7-14-26-17-20(21,22)16-23-19(3,4)5/h18,23H,6-17H2,1-5H3. The summed E-state index contributed by atoms with van der Waals surface area (Å²) in [4.78, 5) is 4.89. The highest BCUT2D eigenvalue weighted by molar-refractivity contribution is 4.77. The fraction of sp³-hybridized carbons (Fsp3) is 1.00. The van der Waals surface area contributed by atoms with Crippen LogP contribution in [-0.2, 0) is 9.47 Å². The van der Waals surface area contributed by atoms with Gasteiger partial charge in [0.05, 0.1) is 19.3 Å². The summed E-state index contributed by atoms with van der Waals surface area (Å²) >= 11 is 0. The molecule has 1 rings (SSSR count). The summed E-state index contributed by atoms with van der Waals surface area (Å²) in [6.07, 6.45) is 2.11. The molecule has 5 nitrogen and oxygen atoms in total. The smallest absolute Gasteiger partial charge is 0.283 e. The summed E-state index contributed by atoms with van der Waals surface area (Å²) < 4.78 is 38.2. The van der Waals surface area contributed by atoms with Crippen molar-refractivity contribution < 1.29 is 18.3 Å². The predicted molar refractivity (Wildman–Crippen MR) is 107 cm³/mol. The lowest BCUT2D eigenvalue weighted by Crippen LogP contribution is -2.47. The van der Waals surface area contributed by atoms with Gasteiger partial charge in [-0.25, -0.2) is 8.78 Å². The Bertz CT molecular complexity index is 382. The van der Waals surface area contributed by atoms with Gasteiger partial charge in [-0.2, -0.15) is 0 Å². The molecule has 1 aliphatic rings. The largest absolute Gasteiger partial charge is 0.377 e. The number of ether oxygens (including phenoxy) is 2. The van der Waals surface area contributed by atoms with Crippen molar-refractivity contribution in [1.82, 2.24) is 15.1 Å². The molecule has 7 heteroatoms. The van der Waals surface area contributed by atoms with Gasteiger partial charge in [-0.05, 0) is 54.0 Å². The first-order chi connectivity index (χ1) is 12.6. The Kier molecular flexibility index (Phi) is 11.2. The molecule has 0 aliphatic carbocycles. The molecule has 0 spiro atoms. The minimum absolute atomic E-state index is 0.295. The summed E-state index contributed by atoms with van der Waals surface area (Å²) in [5.74, 6) is -2.82. The van der Waals surface area contributed by atoms with Gasteiger partial charge in [-0.3, -0.25) is 4.90 Å². The number of hydrogen-bond acceptors (Lipinski definition) is 5. The number of nitrogens with one attached hydrogen (secondary N) is 1. The van der Waals surface area contributed by atoms with Crippen LogP contribution >= 0.6 is 0 Å². The summed E-state index contributed by atoms with van der Waals surface area (Å²) in [5, 5.41) is 2.83. The Morgan fingerprint density at radius 2 is 1.52 bits per heavy atom. The van der Waals surface area contributed by atoms with Crippen LogP contribution in [0.15, 0.2) is 0 Å². The van der Waals surface area contributed by atoms with E-state index in [-0.39, 0.29) is 12.1 Å². The topological polar surface area (TPSA) is 37.0 Å². The minimum atomic E-state index is -2.82. The van der Waals surface area contributed by atoms with Gasteiger partial charge in [0.15, 0.2) is 0 Å². The van der Waals surface area contributed by atoms with E-state index in [0.29, 0.717) is 12.7 Å². The molecule has 0 unspecified atom stereocenters. The molecular weight excluding hydrogens is 352 g/mol. The Labute approximate surface area is 164 Å². The number of piperazine rings is 1. The molecule has 162 valence electrons. The van der Waals surface area contributed by atoms with Gasteiger partial charge in [-0.1, -0.05) is 0 Å². The van der Waals surface area contributed by atoms with Crippen LogP contribution in [0.1, 0.15) is 47.5 Å². The van der Waals surface area contributed by atoms with E-state index in [1.54, 1.807) is 0 Å². The van der Waals surface area contributed by atoms with E-state index in [4.69, 9.17) is 9.47 Å². The molecule has 0 atom stereocenters. The van der Waals surface area contributed by atoms with Gasteiger partial charge in [0.2, 0.25) is 0 Å². The lowest BCUT2D eigenvalue weighted by atomic mass is 10.1. The van der Waals surface area contributed by atoms with E-state index >= 15 is 0 Å². The molecular formula is C20H41F2N3O2. The highest BCUT2D eigenvalue weighted by Crippen LogP contribution is 2.14. The van der Waals surface area contributed by atoms with Gasteiger partial charge >= 0.3 is 0 Å². The third-order valence-corrected chi connectivity index (χ3v) is 4.53. The molecule has 27 heavy (non-hydrogen) atoms. The van der Waals surface area contributed by atoms with E-state index in [2.05, 4.69) is 29.0 Å². The number of rotatable bonds is 13. The second kappa shape index (κ2) is 12.3. The van der Waals surface area contributed by atoms with Crippen LogP contribution in [0.25, 0.3) is 0 Å². The van der Waals surface area contributed by atoms with Gasteiger partial charge < -0.3 is 19.7 Å². The van der Waals surface area contributed by atoms with Crippen molar-refractivity contribution >= 4 is 0 Å². The van der Waals surface area contributed by atoms with Crippen molar-refractivity contribution in [2.24, 2.45) is 0 Å². The molecule has 1 aliphatic heterocycles. The van der Waals surface area contributed by atoms with Gasteiger partial charge in [0, 0.05) is 44.9 Å². The number of unbranched alkanes of at least 4 members (excludes halogenated alkanes) is 1. The molecule has 1 fully saturated rings. The van der Waals surface area contributed by atoms with E-state index < -0.39 is 12.5 Å². The van der Waals surface area contributed by atoms with Crippen molar-refractivity contribution in [3.63, 3.8) is 0 Å². The van der Waals surface area contributed by atoms with Crippen LogP contribution in [0.2, 0.25) is 0 Å². The van der Waals surface area contributed by atoms with Crippen LogP contribution in [0, 0.1) is 0 Å². The second-order valence-corrected chi connectivity index (χ2v) is 8.82. The Morgan fingerprint density at radius 3 is 2.07 bits per heavy atom. The van der Waals surface area contributed by atoms with Crippen molar-refractivity contribution in [3.8, 4) is 0 Å². The zero-order chi connectivity index (χ0) is 20.3. The summed E-state index contributed by atoms with van der Waals surface area (Å²) in [6.45, 7) is 16.4. The maximum atomic E-state index is 13.7. The van der Waals surface area contributed by atoms with E-state index in [1.807, 2.05) is 20.8 Å². The average Bonchev–Trinajstić information content (AvgIpc) is 2.57. The predicted octanol–water partition coefficient (Wildman–Crippen LogP) is 2.85. The van der Waals surface area contributed by atoms with Gasteiger partial charge in [0.25, 0.3) is 5.92 Å². The van der Waals surface area contributed by atoms with Crippen LogP contribution in [-0.4, -0.2) is 93.0 Å². The molecule has 0 aromatic heterocycles. The number of alkyl halides is 2. The number of halogens is 2. The van der Waals surface area contributed by atoms with Crippen molar-refractivity contribution in [1.29, 1.82) is 0 Å². The first-order valence-corrected chi connectivity index (χ1v) is 10.3. The first kappa shape index (κ1) is 24.7. The average molecular weight is 394 g/mol.